The van der Waals surface area contributed by atoms with Crippen molar-refractivity contribution in [1.82, 2.24) is 14.7 Å². The molecule has 3 unspecified atom stereocenters. The Hall–Kier alpha value is -0.610. The Morgan fingerprint density at radius 3 is 2.08 bits per heavy atom. The monoisotopic (exact) mass is 335 g/mol. The fourth-order valence-corrected chi connectivity index (χ4v) is 5.19. The van der Waals surface area contributed by atoms with Crippen LogP contribution in [-0.4, -0.2) is 72.0 Å². The zero-order chi connectivity index (χ0) is 17.1. The van der Waals surface area contributed by atoms with E-state index in [-0.39, 0.29) is 6.04 Å². The number of amides is 1. The number of nitrogens with zero attached hydrogens (tertiary/aromatic N) is 3. The summed E-state index contributed by atoms with van der Waals surface area (Å²) in [6.45, 7) is 13.4. The second-order valence-electron chi connectivity index (χ2n) is 8.73. The van der Waals surface area contributed by atoms with Gasteiger partial charge in [0.2, 0.25) is 5.91 Å². The molecule has 3 atom stereocenters. The first-order valence-corrected chi connectivity index (χ1v) is 10.3. The van der Waals surface area contributed by atoms with E-state index in [1.54, 1.807) is 0 Å². The van der Waals surface area contributed by atoms with Gasteiger partial charge in [0, 0.05) is 32.2 Å². The van der Waals surface area contributed by atoms with Crippen LogP contribution in [-0.2, 0) is 4.79 Å². The van der Waals surface area contributed by atoms with Crippen molar-refractivity contribution >= 4 is 5.91 Å². The maximum Gasteiger partial charge on any atom is 0.239 e. The molecule has 0 radical (unpaired) electrons. The SMILES string of the molecule is CC1CC(C)CN(C(=O)C(C)N2CCC(N3CCCCC3)CC2)C1. The molecule has 3 aliphatic heterocycles. The number of carbonyl (C=O) groups excluding carboxylic acids is 1. The van der Waals surface area contributed by atoms with Crippen molar-refractivity contribution in [2.45, 2.75) is 71.4 Å². The molecule has 0 aromatic rings. The van der Waals surface area contributed by atoms with Crippen LogP contribution in [0, 0.1) is 11.8 Å². The average molecular weight is 336 g/mol. The fraction of sp³-hybridized carbons (Fsp3) is 0.950. The van der Waals surface area contributed by atoms with Gasteiger partial charge in [0.25, 0.3) is 0 Å². The Bertz CT molecular complexity index is 403. The standard InChI is InChI=1S/C20H37N3O/c1-16-13-17(2)15-23(14-16)20(24)18(3)21-11-7-19(8-12-21)22-9-5-4-6-10-22/h16-19H,4-15H2,1-3H3. The predicted molar refractivity (Wildman–Crippen MR) is 99.0 cm³/mol. The largest absolute Gasteiger partial charge is 0.341 e. The van der Waals surface area contributed by atoms with Crippen LogP contribution in [0.1, 0.15) is 59.3 Å². The second kappa shape index (κ2) is 8.18. The summed E-state index contributed by atoms with van der Waals surface area (Å²) in [5.41, 5.74) is 0. The summed E-state index contributed by atoms with van der Waals surface area (Å²) in [6, 6.07) is 0.823. The van der Waals surface area contributed by atoms with E-state index < -0.39 is 0 Å². The Balaban J connectivity index is 1.49. The van der Waals surface area contributed by atoms with Crippen molar-refractivity contribution in [2.24, 2.45) is 11.8 Å². The molecule has 0 aromatic heterocycles. The van der Waals surface area contributed by atoms with E-state index in [4.69, 9.17) is 0 Å². The van der Waals surface area contributed by atoms with Crippen LogP contribution < -0.4 is 0 Å². The lowest BCUT2D eigenvalue weighted by Gasteiger charge is -2.43. The molecule has 3 rings (SSSR count). The lowest BCUT2D eigenvalue weighted by molar-refractivity contribution is -0.139. The summed E-state index contributed by atoms with van der Waals surface area (Å²) in [5.74, 6) is 1.66. The van der Waals surface area contributed by atoms with Crippen LogP contribution in [0.4, 0.5) is 0 Å². The maximum atomic E-state index is 12.9. The number of rotatable bonds is 3. The van der Waals surface area contributed by atoms with Crippen LogP contribution in [0.25, 0.3) is 0 Å². The maximum absolute atomic E-state index is 12.9. The molecule has 3 aliphatic rings. The third kappa shape index (κ3) is 4.32. The van der Waals surface area contributed by atoms with Crippen LogP contribution in [0.3, 0.4) is 0 Å². The zero-order valence-corrected chi connectivity index (χ0v) is 16.0. The molecule has 0 spiro atoms. The molecular weight excluding hydrogens is 298 g/mol. The summed E-state index contributed by atoms with van der Waals surface area (Å²) in [5, 5.41) is 0. The molecule has 3 saturated heterocycles. The Labute approximate surface area is 148 Å². The summed E-state index contributed by atoms with van der Waals surface area (Å²) in [6.07, 6.45) is 7.91. The number of hydrogen-bond donors (Lipinski definition) is 0. The zero-order valence-electron chi connectivity index (χ0n) is 16.0. The van der Waals surface area contributed by atoms with E-state index in [1.807, 2.05) is 0 Å². The molecule has 0 aliphatic carbocycles. The lowest BCUT2D eigenvalue weighted by Crippen LogP contribution is -2.54. The van der Waals surface area contributed by atoms with E-state index >= 15 is 0 Å². The highest BCUT2D eigenvalue weighted by Crippen LogP contribution is 2.25. The van der Waals surface area contributed by atoms with Crippen molar-refractivity contribution in [3.63, 3.8) is 0 Å². The first-order valence-electron chi connectivity index (χ1n) is 10.3. The van der Waals surface area contributed by atoms with Gasteiger partial charge in [-0.2, -0.15) is 0 Å². The molecule has 24 heavy (non-hydrogen) atoms. The van der Waals surface area contributed by atoms with Crippen LogP contribution >= 0.6 is 0 Å². The smallest absolute Gasteiger partial charge is 0.239 e. The van der Waals surface area contributed by atoms with E-state index in [0.717, 1.165) is 32.2 Å². The molecule has 4 nitrogen and oxygen atoms in total. The first kappa shape index (κ1) is 18.2. The summed E-state index contributed by atoms with van der Waals surface area (Å²) < 4.78 is 0. The van der Waals surface area contributed by atoms with Crippen molar-refractivity contribution in [3.05, 3.63) is 0 Å². The first-order chi connectivity index (χ1) is 11.5. The molecule has 0 saturated carbocycles. The summed E-state index contributed by atoms with van der Waals surface area (Å²) in [7, 11) is 0. The van der Waals surface area contributed by atoms with E-state index in [1.165, 1.54) is 51.6 Å². The van der Waals surface area contributed by atoms with Gasteiger partial charge in [0.15, 0.2) is 0 Å². The van der Waals surface area contributed by atoms with Crippen molar-refractivity contribution in [3.8, 4) is 0 Å². The number of piperidine rings is 3. The molecule has 0 N–H and O–H groups in total. The summed E-state index contributed by atoms with van der Waals surface area (Å²) >= 11 is 0. The summed E-state index contributed by atoms with van der Waals surface area (Å²) in [4.78, 5) is 20.2. The topological polar surface area (TPSA) is 26.8 Å². The third-order valence-electron chi connectivity index (χ3n) is 6.49. The third-order valence-corrected chi connectivity index (χ3v) is 6.49. The van der Waals surface area contributed by atoms with E-state index in [0.29, 0.717) is 17.7 Å². The molecule has 1 amide bonds. The van der Waals surface area contributed by atoms with Crippen molar-refractivity contribution in [1.29, 1.82) is 0 Å². The normalized spacial score (nSPS) is 32.7. The van der Waals surface area contributed by atoms with E-state index in [9.17, 15) is 4.79 Å². The average Bonchev–Trinajstić information content (AvgIpc) is 2.60. The van der Waals surface area contributed by atoms with Gasteiger partial charge in [-0.15, -0.1) is 0 Å². The van der Waals surface area contributed by atoms with Gasteiger partial charge in [-0.1, -0.05) is 20.3 Å². The van der Waals surface area contributed by atoms with Crippen molar-refractivity contribution < 1.29 is 4.79 Å². The minimum Gasteiger partial charge on any atom is -0.341 e. The molecule has 0 aromatic carbocycles. The van der Waals surface area contributed by atoms with Gasteiger partial charge in [-0.05, 0) is 64.0 Å². The fourth-order valence-electron chi connectivity index (χ4n) is 5.19. The van der Waals surface area contributed by atoms with Gasteiger partial charge >= 0.3 is 0 Å². The molecule has 3 heterocycles. The van der Waals surface area contributed by atoms with Gasteiger partial charge < -0.3 is 9.80 Å². The van der Waals surface area contributed by atoms with Gasteiger partial charge in [-0.25, -0.2) is 0 Å². The Kier molecular flexibility index (Phi) is 6.20. The highest BCUT2D eigenvalue weighted by molar-refractivity contribution is 5.81. The van der Waals surface area contributed by atoms with Gasteiger partial charge in [0.05, 0.1) is 6.04 Å². The molecular formula is C20H37N3O. The highest BCUT2D eigenvalue weighted by Gasteiger charge is 2.33. The van der Waals surface area contributed by atoms with Gasteiger partial charge in [-0.3, -0.25) is 9.69 Å². The minimum absolute atomic E-state index is 0.0600. The van der Waals surface area contributed by atoms with Crippen LogP contribution in [0.15, 0.2) is 0 Å². The molecule has 138 valence electrons. The predicted octanol–water partition coefficient (Wildman–Crippen LogP) is 2.83. The number of carbonyl (C=O) groups is 1. The number of likely N-dealkylation sites (tertiary alicyclic amines) is 3. The van der Waals surface area contributed by atoms with Crippen LogP contribution in [0.2, 0.25) is 0 Å². The van der Waals surface area contributed by atoms with Crippen molar-refractivity contribution in [2.75, 3.05) is 39.3 Å². The molecule has 3 fully saturated rings. The van der Waals surface area contributed by atoms with Gasteiger partial charge in [0.1, 0.15) is 0 Å². The minimum atomic E-state index is 0.0600. The second-order valence-corrected chi connectivity index (χ2v) is 8.73. The quantitative estimate of drug-likeness (QED) is 0.793. The molecule has 4 heteroatoms. The Morgan fingerprint density at radius 2 is 1.50 bits per heavy atom. The lowest BCUT2D eigenvalue weighted by atomic mass is 9.91. The van der Waals surface area contributed by atoms with E-state index in [2.05, 4.69) is 35.5 Å². The number of hydrogen-bond acceptors (Lipinski definition) is 3. The van der Waals surface area contributed by atoms with Crippen LogP contribution in [0.5, 0.6) is 0 Å². The highest BCUT2D eigenvalue weighted by atomic mass is 16.2. The Morgan fingerprint density at radius 1 is 0.917 bits per heavy atom. The molecule has 0 bridgehead atoms.